The van der Waals surface area contributed by atoms with Gasteiger partial charge in [-0.1, -0.05) is 71.4 Å². The van der Waals surface area contributed by atoms with Crippen molar-refractivity contribution in [1.29, 1.82) is 0 Å². The fourth-order valence-corrected chi connectivity index (χ4v) is 8.51. The minimum Gasteiger partial charge on any atom is -0.324 e. The second-order valence-electron chi connectivity index (χ2n) is 9.17. The molecule has 1 fully saturated rings. The quantitative estimate of drug-likeness (QED) is 0.363. The third-order valence-electron chi connectivity index (χ3n) is 7.59. The van der Waals surface area contributed by atoms with Crippen molar-refractivity contribution in [3.63, 3.8) is 0 Å². The second-order valence-corrected chi connectivity index (χ2v) is 11.2. The summed E-state index contributed by atoms with van der Waals surface area (Å²) in [5, 5.41) is 4.63. The molecule has 1 saturated heterocycles. The largest absolute Gasteiger partial charge is 0.324 e. The van der Waals surface area contributed by atoms with E-state index in [1.165, 1.54) is 11.8 Å². The van der Waals surface area contributed by atoms with Crippen LogP contribution in [0.15, 0.2) is 71.9 Å². The van der Waals surface area contributed by atoms with Gasteiger partial charge in [0.05, 0.1) is 11.0 Å². The smallest absolute Gasteiger partial charge is 0.253 e. The predicted molar refractivity (Wildman–Crippen MR) is 138 cm³/mol. The van der Waals surface area contributed by atoms with Crippen molar-refractivity contribution in [3.8, 4) is 0 Å². The molecule has 6 nitrogen and oxygen atoms in total. The highest BCUT2D eigenvalue weighted by Crippen LogP contribution is 2.67. The number of likely N-dealkylation sites (tertiary alicyclic amines) is 1. The van der Waals surface area contributed by atoms with Crippen LogP contribution in [-0.2, 0) is 10.3 Å². The number of rotatable bonds is 1. The molecule has 0 radical (unpaired) electrons. The van der Waals surface area contributed by atoms with Gasteiger partial charge in [0.15, 0.2) is 10.7 Å². The Morgan fingerprint density at radius 2 is 1.83 bits per heavy atom. The van der Waals surface area contributed by atoms with Gasteiger partial charge in [-0.05, 0) is 42.9 Å². The lowest BCUT2D eigenvalue weighted by atomic mass is 9.72. The zero-order valence-electron chi connectivity index (χ0n) is 18.5. The molecule has 3 aliphatic rings. The number of thioether (sulfide) groups is 1. The summed E-state index contributed by atoms with van der Waals surface area (Å²) in [5.74, 6) is -0.782. The molecule has 35 heavy (non-hydrogen) atoms. The first kappa shape index (κ1) is 21.4. The van der Waals surface area contributed by atoms with Gasteiger partial charge < -0.3 is 5.32 Å². The maximum atomic E-state index is 14.7. The first-order chi connectivity index (χ1) is 16.9. The van der Waals surface area contributed by atoms with Gasteiger partial charge in [0.1, 0.15) is 4.75 Å². The Morgan fingerprint density at radius 1 is 1.06 bits per heavy atom. The minimum absolute atomic E-state index is 0.168. The highest BCUT2D eigenvalue weighted by molar-refractivity contribution is 8.02. The summed E-state index contributed by atoms with van der Waals surface area (Å²) in [5.41, 5.74) is 2.52. The van der Waals surface area contributed by atoms with Gasteiger partial charge in [-0.2, -0.15) is 0 Å². The molecule has 2 spiro atoms. The van der Waals surface area contributed by atoms with E-state index in [9.17, 15) is 9.59 Å². The SMILES string of the molecule is CN1C[C@@H](c2ccc(Cl)cc2Cl)[C@@]2(Sc3nc4ccccc4n3C2=O)[C@@]12C(=O)Nc1ccccc12. The van der Waals surface area contributed by atoms with Crippen molar-refractivity contribution in [3.05, 3.63) is 87.9 Å². The summed E-state index contributed by atoms with van der Waals surface area (Å²) in [6.45, 7) is 0.449. The molecule has 0 unspecified atom stereocenters. The number of nitrogens with one attached hydrogen (secondary N) is 1. The Labute approximate surface area is 215 Å². The molecule has 9 heteroatoms. The van der Waals surface area contributed by atoms with Crippen molar-refractivity contribution >= 4 is 63.5 Å². The van der Waals surface area contributed by atoms with E-state index in [1.807, 2.05) is 66.5 Å². The molecule has 7 rings (SSSR count). The number of carbonyl (C=O) groups excluding carboxylic acids is 2. The average molecular weight is 521 g/mol. The number of halogens is 2. The molecular weight excluding hydrogens is 503 g/mol. The normalized spacial score (nSPS) is 27.2. The Hall–Kier alpha value is -2.84. The summed E-state index contributed by atoms with van der Waals surface area (Å²) >= 11 is 14.3. The number of fused-ring (bicyclic) bond motifs is 6. The second kappa shape index (κ2) is 7.11. The van der Waals surface area contributed by atoms with E-state index in [1.54, 1.807) is 16.7 Å². The van der Waals surface area contributed by atoms with Crippen LogP contribution in [0.5, 0.6) is 0 Å². The summed E-state index contributed by atoms with van der Waals surface area (Å²) in [6.07, 6.45) is 0. The highest BCUT2D eigenvalue weighted by atomic mass is 35.5. The van der Waals surface area contributed by atoms with E-state index in [0.717, 1.165) is 27.8 Å². The zero-order valence-corrected chi connectivity index (χ0v) is 20.8. The van der Waals surface area contributed by atoms with Crippen LogP contribution < -0.4 is 5.32 Å². The molecular formula is C26H18Cl2N4O2S. The lowest BCUT2D eigenvalue weighted by Crippen LogP contribution is -2.61. The summed E-state index contributed by atoms with van der Waals surface area (Å²) in [4.78, 5) is 35.6. The van der Waals surface area contributed by atoms with Crippen LogP contribution >= 0.6 is 35.0 Å². The number of carbonyl (C=O) groups is 2. The fraction of sp³-hybridized carbons (Fsp3) is 0.192. The van der Waals surface area contributed by atoms with E-state index in [4.69, 9.17) is 28.2 Å². The monoisotopic (exact) mass is 520 g/mol. The van der Waals surface area contributed by atoms with Crippen LogP contribution in [-0.4, -0.2) is 44.6 Å². The molecule has 3 atom stereocenters. The first-order valence-corrected chi connectivity index (χ1v) is 12.8. The maximum absolute atomic E-state index is 14.7. The first-order valence-electron chi connectivity index (χ1n) is 11.2. The van der Waals surface area contributed by atoms with Gasteiger partial charge in [-0.3, -0.25) is 19.1 Å². The third kappa shape index (κ3) is 2.44. The number of hydrogen-bond donors (Lipinski definition) is 1. The van der Waals surface area contributed by atoms with Gasteiger partial charge in [-0.25, -0.2) is 4.98 Å². The van der Waals surface area contributed by atoms with Crippen molar-refractivity contribution in [1.82, 2.24) is 14.5 Å². The molecule has 3 aromatic carbocycles. The molecule has 1 amide bonds. The molecule has 0 saturated carbocycles. The summed E-state index contributed by atoms with van der Waals surface area (Å²) in [7, 11) is 1.90. The number of amides is 1. The Morgan fingerprint density at radius 3 is 2.66 bits per heavy atom. The fourth-order valence-electron chi connectivity index (χ4n) is 6.24. The van der Waals surface area contributed by atoms with Crippen LogP contribution in [0.4, 0.5) is 5.69 Å². The van der Waals surface area contributed by atoms with Crippen molar-refractivity contribution in [2.24, 2.45) is 0 Å². The molecule has 174 valence electrons. The standard InChI is InChI=1S/C26H18Cl2N4O2S/c1-31-13-17(15-11-10-14(27)12-18(15)28)26(25(31)16-6-2-3-7-19(16)29-22(25)33)23(34)32-21-9-5-4-8-20(21)30-24(32)35-26/h2-12,17H,13H2,1H3,(H,29,33)/t17-,25+,26-/m0/s1. The molecule has 3 aliphatic heterocycles. The molecule has 0 aliphatic carbocycles. The van der Waals surface area contributed by atoms with Crippen molar-refractivity contribution < 1.29 is 9.59 Å². The zero-order chi connectivity index (χ0) is 24.1. The summed E-state index contributed by atoms with van der Waals surface area (Å²) < 4.78 is 0.439. The number of nitrogens with zero attached hydrogens (tertiary/aromatic N) is 3. The molecule has 1 aromatic heterocycles. The molecule has 4 heterocycles. The van der Waals surface area contributed by atoms with E-state index in [2.05, 4.69) is 5.32 Å². The Balaban J connectivity index is 1.56. The number of para-hydroxylation sites is 3. The highest BCUT2D eigenvalue weighted by Gasteiger charge is 2.77. The van der Waals surface area contributed by atoms with E-state index >= 15 is 0 Å². The van der Waals surface area contributed by atoms with Crippen LogP contribution in [0.3, 0.4) is 0 Å². The number of benzene rings is 3. The number of likely N-dealkylation sites (N-methyl/N-ethyl adjacent to an activating group) is 1. The van der Waals surface area contributed by atoms with Gasteiger partial charge >= 0.3 is 0 Å². The number of imidazole rings is 1. The summed E-state index contributed by atoms with van der Waals surface area (Å²) in [6, 6.07) is 20.5. The van der Waals surface area contributed by atoms with Crippen molar-refractivity contribution in [2.75, 3.05) is 18.9 Å². The molecule has 4 aromatic rings. The Bertz CT molecular complexity index is 1600. The number of anilines is 1. The minimum atomic E-state index is -1.25. The maximum Gasteiger partial charge on any atom is 0.253 e. The lowest BCUT2D eigenvalue weighted by Gasteiger charge is -2.41. The van der Waals surface area contributed by atoms with Gasteiger partial charge in [0.25, 0.3) is 11.8 Å². The van der Waals surface area contributed by atoms with Gasteiger partial charge in [0.2, 0.25) is 0 Å². The topological polar surface area (TPSA) is 67.2 Å². The van der Waals surface area contributed by atoms with E-state index in [0.29, 0.717) is 21.7 Å². The van der Waals surface area contributed by atoms with E-state index in [-0.39, 0.29) is 11.8 Å². The Kier molecular flexibility index (Phi) is 4.35. The van der Waals surface area contributed by atoms with Crippen molar-refractivity contribution in [2.45, 2.75) is 21.4 Å². The van der Waals surface area contributed by atoms with Crippen LogP contribution in [0.1, 0.15) is 21.8 Å². The molecule has 0 bridgehead atoms. The van der Waals surface area contributed by atoms with Crippen LogP contribution in [0.25, 0.3) is 11.0 Å². The number of hydrogen-bond acceptors (Lipinski definition) is 5. The average Bonchev–Trinajstić information content (AvgIpc) is 3.51. The predicted octanol–water partition coefficient (Wildman–Crippen LogP) is 5.40. The van der Waals surface area contributed by atoms with Crippen LogP contribution in [0.2, 0.25) is 10.0 Å². The lowest BCUT2D eigenvalue weighted by molar-refractivity contribution is -0.126. The van der Waals surface area contributed by atoms with E-state index < -0.39 is 16.2 Å². The van der Waals surface area contributed by atoms with Gasteiger partial charge in [0, 0.05) is 33.8 Å². The number of aromatic nitrogens is 2. The van der Waals surface area contributed by atoms with Crippen LogP contribution in [0, 0.1) is 0 Å². The van der Waals surface area contributed by atoms with Gasteiger partial charge in [-0.15, -0.1) is 0 Å². The molecule has 1 N–H and O–H groups in total. The third-order valence-corrected chi connectivity index (χ3v) is 9.69.